The molecule has 19 heavy (non-hydrogen) atoms. The SMILES string of the molecule is Cc1[nH]ncc1S(=O)(=O)NCC1(C)CCN(C)CC1. The maximum Gasteiger partial charge on any atom is 0.243 e. The van der Waals surface area contributed by atoms with Crippen molar-refractivity contribution in [3.8, 4) is 0 Å². The van der Waals surface area contributed by atoms with Crippen LogP contribution in [-0.4, -0.2) is 50.2 Å². The van der Waals surface area contributed by atoms with E-state index >= 15 is 0 Å². The zero-order chi connectivity index (χ0) is 14.1. The standard InChI is InChI=1S/C12H22N4O2S/c1-10-11(8-13-15-10)19(17,18)14-9-12(2)4-6-16(3)7-5-12/h8,14H,4-7,9H2,1-3H3,(H,13,15). The Morgan fingerprint density at radius 2 is 2.11 bits per heavy atom. The molecule has 2 heterocycles. The Balaban J connectivity index is 2.01. The number of rotatable bonds is 4. The lowest BCUT2D eigenvalue weighted by Crippen LogP contribution is -2.43. The van der Waals surface area contributed by atoms with Crippen molar-refractivity contribution in [1.82, 2.24) is 19.8 Å². The second kappa shape index (κ2) is 5.22. The maximum absolute atomic E-state index is 12.2. The quantitative estimate of drug-likeness (QED) is 0.855. The summed E-state index contributed by atoms with van der Waals surface area (Å²) in [7, 11) is -1.36. The number of piperidine rings is 1. The molecule has 0 saturated carbocycles. The average Bonchev–Trinajstić information content (AvgIpc) is 2.79. The molecular formula is C12H22N4O2S. The number of H-pyrrole nitrogens is 1. The van der Waals surface area contributed by atoms with Gasteiger partial charge in [-0.2, -0.15) is 5.10 Å². The van der Waals surface area contributed by atoms with Gasteiger partial charge in [-0.1, -0.05) is 6.92 Å². The number of sulfonamides is 1. The van der Waals surface area contributed by atoms with Gasteiger partial charge in [-0.3, -0.25) is 5.10 Å². The molecule has 0 spiro atoms. The summed E-state index contributed by atoms with van der Waals surface area (Å²) in [5.41, 5.74) is 0.609. The molecule has 1 fully saturated rings. The normalized spacial score (nSPS) is 20.6. The van der Waals surface area contributed by atoms with Gasteiger partial charge in [0.25, 0.3) is 0 Å². The van der Waals surface area contributed by atoms with Gasteiger partial charge in [0.05, 0.1) is 11.9 Å². The third-order valence-electron chi connectivity index (χ3n) is 3.96. The number of hydrogen-bond donors (Lipinski definition) is 2. The van der Waals surface area contributed by atoms with Crippen molar-refractivity contribution in [2.24, 2.45) is 5.41 Å². The van der Waals surface area contributed by atoms with Gasteiger partial charge < -0.3 is 4.90 Å². The number of hydrogen-bond acceptors (Lipinski definition) is 4. The van der Waals surface area contributed by atoms with Crippen molar-refractivity contribution in [3.05, 3.63) is 11.9 Å². The van der Waals surface area contributed by atoms with Gasteiger partial charge in [0.1, 0.15) is 4.90 Å². The Morgan fingerprint density at radius 3 is 2.63 bits per heavy atom. The molecular weight excluding hydrogens is 264 g/mol. The van der Waals surface area contributed by atoms with Crippen LogP contribution in [0.3, 0.4) is 0 Å². The Hall–Kier alpha value is -0.920. The number of nitrogens with one attached hydrogen (secondary N) is 2. The van der Waals surface area contributed by atoms with E-state index in [0.717, 1.165) is 25.9 Å². The van der Waals surface area contributed by atoms with Crippen LogP contribution in [0.1, 0.15) is 25.5 Å². The zero-order valence-electron chi connectivity index (χ0n) is 11.7. The van der Waals surface area contributed by atoms with Crippen molar-refractivity contribution >= 4 is 10.0 Å². The van der Waals surface area contributed by atoms with Gasteiger partial charge >= 0.3 is 0 Å². The average molecular weight is 286 g/mol. The fourth-order valence-corrected chi connectivity index (χ4v) is 3.63. The van der Waals surface area contributed by atoms with Crippen LogP contribution in [0.4, 0.5) is 0 Å². The summed E-state index contributed by atoms with van der Waals surface area (Å²) >= 11 is 0. The third kappa shape index (κ3) is 3.34. The van der Waals surface area contributed by atoms with Gasteiger partial charge in [-0.25, -0.2) is 13.1 Å². The highest BCUT2D eigenvalue weighted by molar-refractivity contribution is 7.89. The van der Waals surface area contributed by atoms with Crippen molar-refractivity contribution in [2.75, 3.05) is 26.7 Å². The van der Waals surface area contributed by atoms with Gasteiger partial charge in [-0.15, -0.1) is 0 Å². The number of nitrogens with zero attached hydrogens (tertiary/aromatic N) is 2. The molecule has 0 atom stereocenters. The monoisotopic (exact) mass is 286 g/mol. The molecule has 6 nitrogen and oxygen atoms in total. The molecule has 0 unspecified atom stereocenters. The predicted octanol–water partition coefficient (Wildman–Crippen LogP) is 0.728. The fraction of sp³-hybridized carbons (Fsp3) is 0.750. The van der Waals surface area contributed by atoms with Crippen molar-refractivity contribution in [1.29, 1.82) is 0 Å². The predicted molar refractivity (Wildman–Crippen MR) is 73.4 cm³/mol. The molecule has 0 radical (unpaired) electrons. The Labute approximate surface area is 114 Å². The van der Waals surface area contributed by atoms with Crippen LogP contribution in [0.2, 0.25) is 0 Å². The van der Waals surface area contributed by atoms with Gasteiger partial charge in [0.2, 0.25) is 10.0 Å². The summed E-state index contributed by atoms with van der Waals surface area (Å²) < 4.78 is 27.1. The van der Waals surface area contributed by atoms with Crippen LogP contribution < -0.4 is 4.72 Å². The highest BCUT2D eigenvalue weighted by Gasteiger charge is 2.31. The van der Waals surface area contributed by atoms with Crippen LogP contribution in [0.15, 0.2) is 11.1 Å². The number of aryl methyl sites for hydroxylation is 1. The molecule has 1 saturated heterocycles. The van der Waals surface area contributed by atoms with E-state index in [1.165, 1.54) is 6.20 Å². The summed E-state index contributed by atoms with van der Waals surface area (Å²) in [4.78, 5) is 2.51. The second-order valence-corrected chi connectivity index (χ2v) is 7.53. The summed E-state index contributed by atoms with van der Waals surface area (Å²) in [6.45, 7) is 6.36. The molecule has 1 aliphatic heterocycles. The van der Waals surface area contributed by atoms with E-state index in [2.05, 4.69) is 33.8 Å². The molecule has 1 aromatic heterocycles. The first-order valence-corrected chi connectivity index (χ1v) is 7.99. The molecule has 2 rings (SSSR count). The molecule has 0 amide bonds. The van der Waals surface area contributed by atoms with E-state index in [1.54, 1.807) is 6.92 Å². The van der Waals surface area contributed by atoms with E-state index in [4.69, 9.17) is 0 Å². The smallest absolute Gasteiger partial charge is 0.243 e. The molecule has 2 N–H and O–H groups in total. The lowest BCUT2D eigenvalue weighted by atomic mass is 9.81. The van der Waals surface area contributed by atoms with Gasteiger partial charge in [0, 0.05) is 6.54 Å². The summed E-state index contributed by atoms with van der Waals surface area (Å²) in [6, 6.07) is 0. The van der Waals surface area contributed by atoms with Crippen LogP contribution in [-0.2, 0) is 10.0 Å². The lowest BCUT2D eigenvalue weighted by Gasteiger charge is -2.37. The minimum atomic E-state index is -3.46. The van der Waals surface area contributed by atoms with Crippen LogP contribution >= 0.6 is 0 Å². The molecule has 1 aliphatic rings. The molecule has 108 valence electrons. The first-order chi connectivity index (χ1) is 8.82. The molecule has 0 aromatic carbocycles. The lowest BCUT2D eigenvalue weighted by molar-refractivity contribution is 0.143. The molecule has 7 heteroatoms. The van der Waals surface area contributed by atoms with Gasteiger partial charge in [-0.05, 0) is 45.3 Å². The first-order valence-electron chi connectivity index (χ1n) is 6.51. The number of aromatic nitrogens is 2. The fourth-order valence-electron chi connectivity index (χ4n) is 2.29. The van der Waals surface area contributed by atoms with Crippen molar-refractivity contribution < 1.29 is 8.42 Å². The summed E-state index contributed by atoms with van der Waals surface area (Å²) in [5.74, 6) is 0. The largest absolute Gasteiger partial charge is 0.306 e. The Morgan fingerprint density at radius 1 is 1.47 bits per heavy atom. The van der Waals surface area contributed by atoms with Crippen LogP contribution in [0.5, 0.6) is 0 Å². The van der Waals surface area contributed by atoms with E-state index < -0.39 is 10.0 Å². The highest BCUT2D eigenvalue weighted by atomic mass is 32.2. The minimum absolute atomic E-state index is 0.0389. The van der Waals surface area contributed by atoms with Crippen molar-refractivity contribution in [3.63, 3.8) is 0 Å². The van der Waals surface area contributed by atoms with E-state index in [-0.39, 0.29) is 10.3 Å². The summed E-state index contributed by atoms with van der Waals surface area (Å²) in [5, 5.41) is 6.41. The number of likely N-dealkylation sites (tertiary alicyclic amines) is 1. The maximum atomic E-state index is 12.2. The number of aromatic amines is 1. The minimum Gasteiger partial charge on any atom is -0.306 e. The topological polar surface area (TPSA) is 78.1 Å². The van der Waals surface area contributed by atoms with Crippen LogP contribution in [0, 0.1) is 12.3 Å². The third-order valence-corrected chi connectivity index (χ3v) is 5.47. The van der Waals surface area contributed by atoms with E-state index in [1.807, 2.05) is 0 Å². The molecule has 0 aliphatic carbocycles. The first kappa shape index (κ1) is 14.5. The zero-order valence-corrected chi connectivity index (χ0v) is 12.5. The van der Waals surface area contributed by atoms with E-state index in [0.29, 0.717) is 12.2 Å². The van der Waals surface area contributed by atoms with Crippen molar-refractivity contribution in [2.45, 2.75) is 31.6 Å². The molecule has 1 aromatic rings. The van der Waals surface area contributed by atoms with Crippen LogP contribution in [0.25, 0.3) is 0 Å². The Kier molecular flexibility index (Phi) is 3.98. The second-order valence-electron chi connectivity index (χ2n) is 5.80. The molecule has 0 bridgehead atoms. The van der Waals surface area contributed by atoms with Gasteiger partial charge in [0.15, 0.2) is 0 Å². The Bertz CT molecular complexity index is 530. The summed E-state index contributed by atoms with van der Waals surface area (Å²) in [6.07, 6.45) is 3.38. The van der Waals surface area contributed by atoms with E-state index in [9.17, 15) is 8.42 Å². The highest BCUT2D eigenvalue weighted by Crippen LogP contribution is 2.30.